The van der Waals surface area contributed by atoms with Crippen molar-refractivity contribution in [3.8, 4) is 0 Å². The molecule has 0 saturated heterocycles. The molecule has 1 unspecified atom stereocenters. The molecule has 0 aliphatic heterocycles. The fourth-order valence-electron chi connectivity index (χ4n) is 1.63. The molecule has 4 heteroatoms. The van der Waals surface area contributed by atoms with Crippen molar-refractivity contribution >= 4 is 5.65 Å². The van der Waals surface area contributed by atoms with Crippen LogP contribution in [0.3, 0.4) is 0 Å². The van der Waals surface area contributed by atoms with Crippen molar-refractivity contribution in [1.29, 1.82) is 0 Å². The SMILES string of the molecule is CC(C)c1cn2cc(C(N)CO)ccc2n1. The predicted molar refractivity (Wildman–Crippen MR) is 63.3 cm³/mol. The van der Waals surface area contributed by atoms with E-state index in [1.807, 2.05) is 28.9 Å². The van der Waals surface area contributed by atoms with Crippen molar-refractivity contribution in [2.24, 2.45) is 5.73 Å². The summed E-state index contributed by atoms with van der Waals surface area (Å²) in [4.78, 5) is 4.50. The van der Waals surface area contributed by atoms with Crippen LogP contribution in [-0.2, 0) is 0 Å². The minimum Gasteiger partial charge on any atom is -0.394 e. The summed E-state index contributed by atoms with van der Waals surface area (Å²) in [6.45, 7) is 4.18. The average molecular weight is 219 g/mol. The molecule has 0 aliphatic rings. The summed E-state index contributed by atoms with van der Waals surface area (Å²) >= 11 is 0. The highest BCUT2D eigenvalue weighted by molar-refractivity contribution is 5.42. The van der Waals surface area contributed by atoms with Gasteiger partial charge in [0.15, 0.2) is 0 Å². The van der Waals surface area contributed by atoms with Crippen LogP contribution in [0.2, 0.25) is 0 Å². The van der Waals surface area contributed by atoms with Crippen molar-refractivity contribution in [3.05, 3.63) is 35.8 Å². The van der Waals surface area contributed by atoms with E-state index in [1.54, 1.807) is 0 Å². The number of pyridine rings is 1. The molecule has 16 heavy (non-hydrogen) atoms. The summed E-state index contributed by atoms with van der Waals surface area (Å²) in [6, 6.07) is 3.51. The first-order valence-corrected chi connectivity index (χ1v) is 5.47. The maximum absolute atomic E-state index is 9.00. The minimum absolute atomic E-state index is 0.0444. The molecule has 86 valence electrons. The Kier molecular flexibility index (Phi) is 2.94. The van der Waals surface area contributed by atoms with Crippen LogP contribution in [0.15, 0.2) is 24.5 Å². The summed E-state index contributed by atoms with van der Waals surface area (Å²) in [7, 11) is 0. The standard InChI is InChI=1S/C12H17N3O/c1-8(2)11-6-15-5-9(10(13)7-16)3-4-12(15)14-11/h3-6,8,10,16H,7,13H2,1-2H3. The van der Waals surface area contributed by atoms with Crippen LogP contribution in [0.5, 0.6) is 0 Å². The molecule has 2 rings (SSSR count). The largest absolute Gasteiger partial charge is 0.394 e. The van der Waals surface area contributed by atoms with E-state index in [0.717, 1.165) is 16.9 Å². The number of aliphatic hydroxyl groups is 1. The number of nitrogens with two attached hydrogens (primary N) is 1. The molecule has 0 aromatic carbocycles. The van der Waals surface area contributed by atoms with Gasteiger partial charge in [-0.2, -0.15) is 0 Å². The summed E-state index contributed by atoms with van der Waals surface area (Å²) in [6.07, 6.45) is 3.93. The first-order valence-electron chi connectivity index (χ1n) is 5.47. The average Bonchev–Trinajstić information content (AvgIpc) is 2.70. The number of hydrogen-bond acceptors (Lipinski definition) is 3. The topological polar surface area (TPSA) is 63.5 Å². The van der Waals surface area contributed by atoms with Crippen LogP contribution in [-0.4, -0.2) is 21.1 Å². The van der Waals surface area contributed by atoms with Gasteiger partial charge in [-0.3, -0.25) is 0 Å². The van der Waals surface area contributed by atoms with E-state index in [1.165, 1.54) is 0 Å². The van der Waals surface area contributed by atoms with Gasteiger partial charge in [0, 0.05) is 12.4 Å². The molecular weight excluding hydrogens is 202 g/mol. The first-order chi connectivity index (χ1) is 7.61. The van der Waals surface area contributed by atoms with Crippen molar-refractivity contribution < 1.29 is 5.11 Å². The second-order valence-electron chi connectivity index (χ2n) is 4.34. The van der Waals surface area contributed by atoms with Crippen LogP contribution >= 0.6 is 0 Å². The molecule has 2 aromatic rings. The van der Waals surface area contributed by atoms with E-state index in [4.69, 9.17) is 10.8 Å². The number of imidazole rings is 1. The Bertz CT molecular complexity index is 490. The van der Waals surface area contributed by atoms with Crippen LogP contribution < -0.4 is 5.73 Å². The fraction of sp³-hybridized carbons (Fsp3) is 0.417. The normalized spacial score (nSPS) is 13.6. The molecule has 2 heterocycles. The van der Waals surface area contributed by atoms with Gasteiger partial charge in [-0.05, 0) is 17.5 Å². The fourth-order valence-corrected chi connectivity index (χ4v) is 1.63. The molecule has 0 aliphatic carbocycles. The summed E-state index contributed by atoms with van der Waals surface area (Å²) < 4.78 is 1.96. The Morgan fingerprint density at radius 3 is 2.75 bits per heavy atom. The van der Waals surface area contributed by atoms with Gasteiger partial charge in [0.2, 0.25) is 0 Å². The Labute approximate surface area is 94.7 Å². The number of hydrogen-bond donors (Lipinski definition) is 2. The van der Waals surface area contributed by atoms with Gasteiger partial charge < -0.3 is 15.2 Å². The van der Waals surface area contributed by atoms with Gasteiger partial charge in [0.25, 0.3) is 0 Å². The number of nitrogens with zero attached hydrogens (tertiary/aromatic N) is 2. The number of rotatable bonds is 3. The monoisotopic (exact) mass is 219 g/mol. The summed E-state index contributed by atoms with van der Waals surface area (Å²) in [5.41, 5.74) is 8.67. The third kappa shape index (κ3) is 1.94. The van der Waals surface area contributed by atoms with Crippen molar-refractivity contribution in [2.45, 2.75) is 25.8 Å². The molecule has 3 N–H and O–H groups in total. The molecule has 4 nitrogen and oxygen atoms in total. The number of fused-ring (bicyclic) bond motifs is 1. The molecule has 0 radical (unpaired) electrons. The van der Waals surface area contributed by atoms with Gasteiger partial charge in [0.1, 0.15) is 5.65 Å². The smallest absolute Gasteiger partial charge is 0.137 e. The van der Waals surface area contributed by atoms with E-state index in [0.29, 0.717) is 5.92 Å². The highest BCUT2D eigenvalue weighted by Gasteiger charge is 2.08. The van der Waals surface area contributed by atoms with Crippen molar-refractivity contribution in [3.63, 3.8) is 0 Å². The zero-order valence-electron chi connectivity index (χ0n) is 9.59. The van der Waals surface area contributed by atoms with E-state index < -0.39 is 0 Å². The highest BCUT2D eigenvalue weighted by atomic mass is 16.3. The van der Waals surface area contributed by atoms with Crippen LogP contribution in [0.1, 0.15) is 37.1 Å². The summed E-state index contributed by atoms with van der Waals surface area (Å²) in [5, 5.41) is 9.00. The molecule has 0 amide bonds. The minimum atomic E-state index is -0.325. The van der Waals surface area contributed by atoms with Crippen LogP contribution in [0, 0.1) is 0 Å². The van der Waals surface area contributed by atoms with Crippen LogP contribution in [0.25, 0.3) is 5.65 Å². The lowest BCUT2D eigenvalue weighted by atomic mass is 10.1. The van der Waals surface area contributed by atoms with E-state index in [9.17, 15) is 0 Å². The predicted octanol–water partition coefficient (Wildman–Crippen LogP) is 1.45. The highest BCUT2D eigenvalue weighted by Crippen LogP contribution is 2.17. The summed E-state index contributed by atoms with van der Waals surface area (Å²) in [5.74, 6) is 0.412. The Hall–Kier alpha value is -1.39. The van der Waals surface area contributed by atoms with E-state index in [-0.39, 0.29) is 12.6 Å². The lowest BCUT2D eigenvalue weighted by Gasteiger charge is -2.08. The van der Waals surface area contributed by atoms with E-state index >= 15 is 0 Å². The van der Waals surface area contributed by atoms with Gasteiger partial charge in [-0.15, -0.1) is 0 Å². The van der Waals surface area contributed by atoms with E-state index in [2.05, 4.69) is 18.8 Å². The number of aromatic nitrogens is 2. The van der Waals surface area contributed by atoms with Crippen molar-refractivity contribution in [2.75, 3.05) is 6.61 Å². The second kappa shape index (κ2) is 4.23. The van der Waals surface area contributed by atoms with Crippen molar-refractivity contribution in [1.82, 2.24) is 9.38 Å². The Balaban J connectivity index is 2.45. The molecule has 0 bridgehead atoms. The molecule has 0 saturated carbocycles. The van der Waals surface area contributed by atoms with Gasteiger partial charge in [-0.25, -0.2) is 4.98 Å². The third-order valence-electron chi connectivity index (χ3n) is 2.71. The lowest BCUT2D eigenvalue weighted by molar-refractivity contribution is 0.268. The zero-order valence-corrected chi connectivity index (χ0v) is 9.59. The Morgan fingerprint density at radius 2 is 2.12 bits per heavy atom. The third-order valence-corrected chi connectivity index (χ3v) is 2.71. The first kappa shape index (κ1) is 11.1. The Morgan fingerprint density at radius 1 is 1.38 bits per heavy atom. The maximum atomic E-state index is 9.00. The maximum Gasteiger partial charge on any atom is 0.137 e. The van der Waals surface area contributed by atoms with Crippen LogP contribution in [0.4, 0.5) is 0 Å². The zero-order chi connectivity index (χ0) is 11.7. The van der Waals surface area contributed by atoms with Gasteiger partial charge >= 0.3 is 0 Å². The molecule has 2 aromatic heterocycles. The lowest BCUT2D eigenvalue weighted by Crippen LogP contribution is -2.14. The molecule has 0 fully saturated rings. The molecule has 0 spiro atoms. The van der Waals surface area contributed by atoms with Gasteiger partial charge in [-0.1, -0.05) is 19.9 Å². The quantitative estimate of drug-likeness (QED) is 0.821. The second-order valence-corrected chi connectivity index (χ2v) is 4.34. The molecule has 1 atom stereocenters. The van der Waals surface area contributed by atoms with Gasteiger partial charge in [0.05, 0.1) is 18.3 Å². The molecular formula is C12H17N3O. The number of aliphatic hydroxyl groups excluding tert-OH is 1.